The summed E-state index contributed by atoms with van der Waals surface area (Å²) >= 11 is 0. The van der Waals surface area contributed by atoms with Gasteiger partial charge in [-0.2, -0.15) is 12.7 Å². The van der Waals surface area contributed by atoms with E-state index in [9.17, 15) is 20.7 Å². The van der Waals surface area contributed by atoms with Gasteiger partial charge in [0.1, 0.15) is 0 Å². The molecule has 118 valence electrons. The van der Waals surface area contributed by atoms with Crippen molar-refractivity contribution in [2.24, 2.45) is 5.92 Å². The SMILES string of the molecule is CCCC1CCN(S(=O)(=O)c2ccc(S(=O)(=O)F)cc2)C1. The molecule has 0 aromatic heterocycles. The van der Waals surface area contributed by atoms with E-state index in [4.69, 9.17) is 0 Å². The number of hydrogen-bond donors (Lipinski definition) is 0. The van der Waals surface area contributed by atoms with E-state index >= 15 is 0 Å². The molecule has 1 aromatic rings. The molecular formula is C13H18FNO4S2. The monoisotopic (exact) mass is 335 g/mol. The summed E-state index contributed by atoms with van der Waals surface area (Å²) in [5, 5.41) is 0. The number of sulfonamides is 1. The lowest BCUT2D eigenvalue weighted by atomic mass is 10.0. The predicted molar refractivity (Wildman–Crippen MR) is 76.5 cm³/mol. The van der Waals surface area contributed by atoms with Gasteiger partial charge >= 0.3 is 10.2 Å². The first-order valence-corrected chi connectivity index (χ1v) is 9.62. The molecule has 0 radical (unpaired) electrons. The summed E-state index contributed by atoms with van der Waals surface area (Å²) in [4.78, 5) is -0.543. The Labute approximate surface area is 125 Å². The average Bonchev–Trinajstić information content (AvgIpc) is 2.88. The molecule has 2 rings (SSSR count). The van der Waals surface area contributed by atoms with E-state index in [1.807, 2.05) is 0 Å². The van der Waals surface area contributed by atoms with E-state index < -0.39 is 25.1 Å². The molecule has 21 heavy (non-hydrogen) atoms. The number of hydrogen-bond acceptors (Lipinski definition) is 4. The third-order valence-electron chi connectivity index (χ3n) is 3.69. The van der Waals surface area contributed by atoms with Crippen LogP contribution in [0.5, 0.6) is 0 Å². The summed E-state index contributed by atoms with van der Waals surface area (Å²) in [5.41, 5.74) is 0. The summed E-state index contributed by atoms with van der Waals surface area (Å²) in [5.74, 6) is 0.371. The van der Waals surface area contributed by atoms with Gasteiger partial charge in [-0.25, -0.2) is 8.42 Å². The van der Waals surface area contributed by atoms with Crippen molar-refractivity contribution in [1.29, 1.82) is 0 Å². The van der Waals surface area contributed by atoms with E-state index in [0.717, 1.165) is 43.5 Å². The summed E-state index contributed by atoms with van der Waals surface area (Å²) in [6.45, 7) is 3.02. The third-order valence-corrected chi connectivity index (χ3v) is 6.40. The van der Waals surface area contributed by atoms with Crippen LogP contribution in [-0.4, -0.2) is 34.2 Å². The Morgan fingerprint density at radius 2 is 1.71 bits per heavy atom. The van der Waals surface area contributed by atoms with Crippen molar-refractivity contribution in [3.05, 3.63) is 24.3 Å². The van der Waals surface area contributed by atoms with Gasteiger partial charge in [0.05, 0.1) is 9.79 Å². The maximum Gasteiger partial charge on any atom is 0.332 e. The van der Waals surface area contributed by atoms with E-state index in [1.54, 1.807) is 0 Å². The van der Waals surface area contributed by atoms with Crippen LogP contribution < -0.4 is 0 Å². The Morgan fingerprint density at radius 3 is 2.24 bits per heavy atom. The fraction of sp³-hybridized carbons (Fsp3) is 0.538. The van der Waals surface area contributed by atoms with Gasteiger partial charge in [0, 0.05) is 13.1 Å². The molecule has 0 aliphatic carbocycles. The van der Waals surface area contributed by atoms with Gasteiger partial charge in [0.2, 0.25) is 10.0 Å². The molecule has 1 aliphatic rings. The molecule has 0 N–H and O–H groups in total. The average molecular weight is 335 g/mol. The topological polar surface area (TPSA) is 71.5 Å². The largest absolute Gasteiger partial charge is 0.332 e. The molecule has 1 atom stereocenters. The molecule has 0 spiro atoms. The zero-order valence-corrected chi connectivity index (χ0v) is 13.3. The Kier molecular flexibility index (Phi) is 4.69. The van der Waals surface area contributed by atoms with Gasteiger partial charge in [-0.1, -0.05) is 13.3 Å². The molecule has 0 bridgehead atoms. The molecule has 0 saturated carbocycles. The van der Waals surface area contributed by atoms with Gasteiger partial charge < -0.3 is 0 Å². The highest BCUT2D eigenvalue weighted by Crippen LogP contribution is 2.27. The summed E-state index contributed by atoms with van der Waals surface area (Å²) < 4.78 is 60.5. The first-order chi connectivity index (χ1) is 9.75. The van der Waals surface area contributed by atoms with Crippen LogP contribution in [0.4, 0.5) is 3.89 Å². The highest BCUT2D eigenvalue weighted by atomic mass is 32.3. The Morgan fingerprint density at radius 1 is 1.14 bits per heavy atom. The van der Waals surface area contributed by atoms with Gasteiger partial charge in [-0.15, -0.1) is 3.89 Å². The number of nitrogens with zero attached hydrogens (tertiary/aromatic N) is 1. The summed E-state index contributed by atoms with van der Waals surface area (Å²) in [7, 11) is -8.44. The van der Waals surface area contributed by atoms with Crippen LogP contribution >= 0.6 is 0 Å². The molecule has 1 saturated heterocycles. The first kappa shape index (κ1) is 16.4. The highest BCUT2D eigenvalue weighted by molar-refractivity contribution is 7.89. The van der Waals surface area contributed by atoms with Gasteiger partial charge in [-0.05, 0) is 43.0 Å². The summed E-state index contributed by atoms with van der Waals surface area (Å²) in [6.07, 6.45) is 2.84. The second-order valence-electron chi connectivity index (χ2n) is 5.22. The van der Waals surface area contributed by atoms with Crippen LogP contribution in [0.2, 0.25) is 0 Å². The standard InChI is InChI=1S/C13H18FNO4S2/c1-2-3-11-8-9-15(10-11)21(18,19)13-6-4-12(5-7-13)20(14,16)17/h4-7,11H,2-3,8-10H2,1H3. The van der Waals surface area contributed by atoms with Crippen LogP contribution in [0.15, 0.2) is 34.1 Å². The fourth-order valence-corrected chi connectivity index (χ4v) is 4.57. The Bertz CT molecular complexity index is 698. The third kappa shape index (κ3) is 3.61. The van der Waals surface area contributed by atoms with E-state index in [0.29, 0.717) is 19.0 Å². The summed E-state index contributed by atoms with van der Waals surface area (Å²) in [6, 6.07) is 4.22. The smallest absolute Gasteiger partial charge is 0.207 e. The lowest BCUT2D eigenvalue weighted by Gasteiger charge is -2.16. The molecular weight excluding hydrogens is 317 g/mol. The van der Waals surface area contributed by atoms with E-state index in [-0.39, 0.29) is 4.90 Å². The lowest BCUT2D eigenvalue weighted by molar-refractivity contribution is 0.444. The van der Waals surface area contributed by atoms with Crippen molar-refractivity contribution in [2.75, 3.05) is 13.1 Å². The Hall–Kier alpha value is -0.990. The van der Waals surface area contributed by atoms with Crippen molar-refractivity contribution in [2.45, 2.75) is 36.0 Å². The van der Waals surface area contributed by atoms with Gasteiger partial charge in [0.15, 0.2) is 0 Å². The second-order valence-corrected chi connectivity index (χ2v) is 8.50. The van der Waals surface area contributed by atoms with Gasteiger partial charge in [-0.3, -0.25) is 0 Å². The minimum Gasteiger partial charge on any atom is -0.207 e. The lowest BCUT2D eigenvalue weighted by Crippen LogP contribution is -2.28. The molecule has 1 heterocycles. The maximum absolute atomic E-state index is 12.8. The Balaban J connectivity index is 2.21. The molecule has 8 heteroatoms. The van der Waals surface area contributed by atoms with Gasteiger partial charge in [0.25, 0.3) is 0 Å². The van der Waals surface area contributed by atoms with Crippen LogP contribution in [0.1, 0.15) is 26.2 Å². The normalized spacial score (nSPS) is 20.8. The van der Waals surface area contributed by atoms with Crippen LogP contribution in [0, 0.1) is 5.92 Å². The van der Waals surface area contributed by atoms with Crippen molar-refractivity contribution in [3.63, 3.8) is 0 Å². The van der Waals surface area contributed by atoms with Crippen molar-refractivity contribution < 1.29 is 20.7 Å². The minimum atomic E-state index is -4.81. The van der Waals surface area contributed by atoms with E-state index in [2.05, 4.69) is 6.92 Å². The quantitative estimate of drug-likeness (QED) is 0.773. The molecule has 0 amide bonds. The van der Waals surface area contributed by atoms with Crippen molar-refractivity contribution in [1.82, 2.24) is 4.31 Å². The molecule has 5 nitrogen and oxygen atoms in total. The fourth-order valence-electron chi connectivity index (χ4n) is 2.58. The minimum absolute atomic E-state index is 0.00736. The number of benzene rings is 1. The molecule has 1 aliphatic heterocycles. The van der Waals surface area contributed by atoms with Crippen LogP contribution in [-0.2, 0) is 20.2 Å². The van der Waals surface area contributed by atoms with Crippen molar-refractivity contribution >= 4 is 20.2 Å². The van der Waals surface area contributed by atoms with Crippen molar-refractivity contribution in [3.8, 4) is 0 Å². The van der Waals surface area contributed by atoms with E-state index in [1.165, 1.54) is 4.31 Å². The predicted octanol–water partition coefficient (Wildman–Crippen LogP) is 2.16. The highest BCUT2D eigenvalue weighted by Gasteiger charge is 2.32. The first-order valence-electron chi connectivity index (χ1n) is 6.80. The molecule has 1 fully saturated rings. The molecule has 1 unspecified atom stereocenters. The zero-order chi connectivity index (χ0) is 15.7. The zero-order valence-electron chi connectivity index (χ0n) is 11.7. The number of halogens is 1. The molecule has 1 aromatic carbocycles. The second kappa shape index (κ2) is 6.02. The van der Waals surface area contributed by atoms with Crippen LogP contribution in [0.25, 0.3) is 0 Å². The maximum atomic E-state index is 12.8. The van der Waals surface area contributed by atoms with Crippen LogP contribution in [0.3, 0.4) is 0 Å². The number of rotatable bonds is 5.